The molecule has 0 spiro atoms. The quantitative estimate of drug-likeness (QED) is 0.644. The molecule has 1 heterocycles. The fourth-order valence-corrected chi connectivity index (χ4v) is 2.73. The van der Waals surface area contributed by atoms with E-state index in [0.29, 0.717) is 29.0 Å². The first-order valence-electron chi connectivity index (χ1n) is 8.41. The van der Waals surface area contributed by atoms with E-state index in [9.17, 15) is 4.79 Å². The molecule has 0 bridgehead atoms. The summed E-state index contributed by atoms with van der Waals surface area (Å²) in [6.45, 7) is 0.623. The Hall–Kier alpha value is -3.12. The molecule has 0 aliphatic carbocycles. The summed E-state index contributed by atoms with van der Waals surface area (Å²) in [6.07, 6.45) is 2.31. The first-order valence-corrected chi connectivity index (χ1v) is 8.79. The summed E-state index contributed by atoms with van der Waals surface area (Å²) < 4.78 is 5.24. The Morgan fingerprint density at radius 1 is 1.15 bits per heavy atom. The first-order chi connectivity index (χ1) is 13.2. The highest BCUT2D eigenvalue weighted by Gasteiger charge is 2.11. The molecular weight excluding hydrogens is 364 g/mol. The maximum Gasteiger partial charge on any atom is 0.274 e. The average Bonchev–Trinajstić information content (AvgIpc) is 2.69. The molecule has 3 rings (SSSR count). The number of hydrogen-bond donors (Lipinski definition) is 2. The zero-order chi connectivity index (χ0) is 19.1. The predicted octanol–water partition coefficient (Wildman–Crippen LogP) is 4.05. The van der Waals surface area contributed by atoms with E-state index in [4.69, 9.17) is 16.3 Å². The van der Waals surface area contributed by atoms with Crippen molar-refractivity contribution < 1.29 is 9.53 Å². The number of nitrogens with zero attached hydrogens (tertiary/aromatic N) is 2. The molecule has 0 unspecified atom stereocenters. The number of anilines is 2. The van der Waals surface area contributed by atoms with Crippen LogP contribution in [-0.4, -0.2) is 29.5 Å². The summed E-state index contributed by atoms with van der Waals surface area (Å²) >= 11 is 5.99. The SMILES string of the molecule is COc1ccccc1NC(=O)c1ccnc(NCCc2cccc(Cl)c2)n1. The van der Waals surface area contributed by atoms with Gasteiger partial charge in [-0.25, -0.2) is 9.97 Å². The Morgan fingerprint density at radius 2 is 2.00 bits per heavy atom. The van der Waals surface area contributed by atoms with E-state index >= 15 is 0 Å². The summed E-state index contributed by atoms with van der Waals surface area (Å²) in [5, 5.41) is 6.63. The van der Waals surface area contributed by atoms with Gasteiger partial charge in [-0.05, 0) is 42.3 Å². The molecule has 2 aromatic carbocycles. The first kappa shape index (κ1) is 18.7. The lowest BCUT2D eigenvalue weighted by Gasteiger charge is -2.10. The third-order valence-electron chi connectivity index (χ3n) is 3.83. The van der Waals surface area contributed by atoms with Crippen LogP contribution in [0.25, 0.3) is 0 Å². The van der Waals surface area contributed by atoms with E-state index < -0.39 is 0 Å². The number of hydrogen-bond acceptors (Lipinski definition) is 5. The average molecular weight is 383 g/mol. The van der Waals surface area contributed by atoms with Gasteiger partial charge >= 0.3 is 0 Å². The Balaban J connectivity index is 1.61. The van der Waals surface area contributed by atoms with Crippen LogP contribution >= 0.6 is 11.6 Å². The molecule has 0 saturated heterocycles. The Morgan fingerprint density at radius 3 is 2.81 bits per heavy atom. The summed E-state index contributed by atoms with van der Waals surface area (Å²) in [7, 11) is 1.55. The van der Waals surface area contributed by atoms with Crippen molar-refractivity contribution in [3.05, 3.63) is 77.1 Å². The topological polar surface area (TPSA) is 76.1 Å². The van der Waals surface area contributed by atoms with Gasteiger partial charge in [0, 0.05) is 17.8 Å². The molecule has 0 aliphatic heterocycles. The summed E-state index contributed by atoms with van der Waals surface area (Å²) in [4.78, 5) is 20.9. The van der Waals surface area contributed by atoms with Crippen LogP contribution in [0.1, 0.15) is 16.1 Å². The van der Waals surface area contributed by atoms with E-state index in [1.54, 1.807) is 31.5 Å². The monoisotopic (exact) mass is 382 g/mol. The van der Waals surface area contributed by atoms with Crippen LogP contribution < -0.4 is 15.4 Å². The number of carbonyl (C=O) groups is 1. The van der Waals surface area contributed by atoms with Crippen molar-refractivity contribution in [2.24, 2.45) is 0 Å². The minimum Gasteiger partial charge on any atom is -0.495 e. The van der Waals surface area contributed by atoms with Crippen molar-refractivity contribution in [2.45, 2.75) is 6.42 Å². The number of amides is 1. The maximum absolute atomic E-state index is 12.5. The Kier molecular flexibility index (Phi) is 6.22. The number of ether oxygens (including phenoxy) is 1. The molecule has 0 aliphatic rings. The largest absolute Gasteiger partial charge is 0.495 e. The highest BCUT2D eigenvalue weighted by molar-refractivity contribution is 6.30. The number of rotatable bonds is 7. The van der Waals surface area contributed by atoms with Crippen LogP contribution in [0.3, 0.4) is 0 Å². The highest BCUT2D eigenvalue weighted by Crippen LogP contribution is 2.23. The van der Waals surface area contributed by atoms with Crippen molar-refractivity contribution >= 4 is 29.1 Å². The number of benzene rings is 2. The molecule has 0 fully saturated rings. The lowest BCUT2D eigenvalue weighted by Crippen LogP contribution is -2.16. The van der Waals surface area contributed by atoms with Gasteiger partial charge in [-0.15, -0.1) is 0 Å². The minimum atomic E-state index is -0.334. The third kappa shape index (κ3) is 5.18. The number of nitrogens with one attached hydrogen (secondary N) is 2. The molecule has 6 nitrogen and oxygen atoms in total. The highest BCUT2D eigenvalue weighted by atomic mass is 35.5. The van der Waals surface area contributed by atoms with Crippen molar-refractivity contribution in [1.82, 2.24) is 9.97 Å². The van der Waals surface area contributed by atoms with Gasteiger partial charge in [-0.3, -0.25) is 4.79 Å². The van der Waals surface area contributed by atoms with Gasteiger partial charge in [0.25, 0.3) is 5.91 Å². The zero-order valence-electron chi connectivity index (χ0n) is 14.8. The smallest absolute Gasteiger partial charge is 0.274 e. The third-order valence-corrected chi connectivity index (χ3v) is 4.06. The Labute approximate surface area is 162 Å². The van der Waals surface area contributed by atoms with Gasteiger partial charge in [0.1, 0.15) is 11.4 Å². The van der Waals surface area contributed by atoms with Gasteiger partial charge in [-0.2, -0.15) is 0 Å². The van der Waals surface area contributed by atoms with Crippen molar-refractivity contribution in [3.63, 3.8) is 0 Å². The van der Waals surface area contributed by atoms with Crippen LogP contribution in [0.5, 0.6) is 5.75 Å². The zero-order valence-corrected chi connectivity index (χ0v) is 15.5. The van der Waals surface area contributed by atoms with Gasteiger partial charge in [0.05, 0.1) is 12.8 Å². The molecule has 27 heavy (non-hydrogen) atoms. The summed E-state index contributed by atoms with van der Waals surface area (Å²) in [5.74, 6) is 0.643. The normalized spacial score (nSPS) is 10.3. The van der Waals surface area contributed by atoms with Gasteiger partial charge in [0.15, 0.2) is 0 Å². The number of aromatic nitrogens is 2. The molecule has 3 aromatic rings. The lowest BCUT2D eigenvalue weighted by molar-refractivity contribution is 0.102. The summed E-state index contributed by atoms with van der Waals surface area (Å²) in [6, 6.07) is 16.4. The van der Waals surface area contributed by atoms with E-state index in [1.807, 2.05) is 36.4 Å². The molecule has 138 valence electrons. The van der Waals surface area contributed by atoms with Crippen LogP contribution in [0.4, 0.5) is 11.6 Å². The second-order valence-corrected chi connectivity index (χ2v) is 6.16. The standard InChI is InChI=1S/C20H19ClN4O2/c1-27-18-8-3-2-7-16(18)24-19(26)17-10-12-23-20(25-17)22-11-9-14-5-4-6-15(21)13-14/h2-8,10,12-13H,9,11H2,1H3,(H,24,26)(H,22,23,25). The van der Waals surface area contributed by atoms with E-state index in [2.05, 4.69) is 20.6 Å². The molecule has 1 amide bonds. The molecule has 0 saturated carbocycles. The van der Waals surface area contributed by atoms with E-state index in [0.717, 1.165) is 12.0 Å². The fraction of sp³-hybridized carbons (Fsp3) is 0.150. The molecule has 2 N–H and O–H groups in total. The lowest BCUT2D eigenvalue weighted by atomic mass is 10.1. The number of methoxy groups -OCH3 is 1. The van der Waals surface area contributed by atoms with Gasteiger partial charge < -0.3 is 15.4 Å². The second-order valence-electron chi connectivity index (χ2n) is 5.73. The van der Waals surface area contributed by atoms with Gasteiger partial charge in [0.2, 0.25) is 5.95 Å². The van der Waals surface area contributed by atoms with E-state index in [-0.39, 0.29) is 11.6 Å². The molecule has 7 heteroatoms. The van der Waals surface area contributed by atoms with Crippen molar-refractivity contribution in [3.8, 4) is 5.75 Å². The Bertz CT molecular complexity index is 933. The van der Waals surface area contributed by atoms with Crippen LogP contribution in [0, 0.1) is 0 Å². The van der Waals surface area contributed by atoms with Crippen molar-refractivity contribution in [2.75, 3.05) is 24.3 Å². The maximum atomic E-state index is 12.5. The van der Waals surface area contributed by atoms with Crippen molar-refractivity contribution in [1.29, 1.82) is 0 Å². The van der Waals surface area contributed by atoms with Crippen LogP contribution in [0.15, 0.2) is 60.8 Å². The van der Waals surface area contributed by atoms with Gasteiger partial charge in [-0.1, -0.05) is 35.9 Å². The number of para-hydroxylation sites is 2. The summed E-state index contributed by atoms with van der Waals surface area (Å²) in [5.41, 5.74) is 1.96. The second kappa shape index (κ2) is 9.00. The van der Waals surface area contributed by atoms with E-state index in [1.165, 1.54) is 0 Å². The minimum absolute atomic E-state index is 0.265. The molecular formula is C20H19ClN4O2. The molecule has 1 aromatic heterocycles. The predicted molar refractivity (Wildman–Crippen MR) is 107 cm³/mol. The van der Waals surface area contributed by atoms with Crippen LogP contribution in [0.2, 0.25) is 5.02 Å². The van der Waals surface area contributed by atoms with Crippen LogP contribution in [-0.2, 0) is 6.42 Å². The molecule has 0 atom stereocenters. The molecule has 0 radical (unpaired) electrons. The fourth-order valence-electron chi connectivity index (χ4n) is 2.52. The number of halogens is 1. The number of carbonyl (C=O) groups excluding carboxylic acids is 1.